The smallest absolute Gasteiger partial charge is 0.252 e. The van der Waals surface area contributed by atoms with Crippen LogP contribution in [0.3, 0.4) is 0 Å². The van der Waals surface area contributed by atoms with Gasteiger partial charge in [0.1, 0.15) is 0 Å². The van der Waals surface area contributed by atoms with Crippen molar-refractivity contribution >= 4 is 23.2 Å². The van der Waals surface area contributed by atoms with Crippen molar-refractivity contribution in [2.45, 2.75) is 12.5 Å². The van der Waals surface area contributed by atoms with Crippen LogP contribution in [-0.2, 0) is 4.79 Å². The average molecular weight is 357 g/mol. The van der Waals surface area contributed by atoms with Crippen LogP contribution in [-0.4, -0.2) is 54.8 Å². The van der Waals surface area contributed by atoms with Gasteiger partial charge in [-0.1, -0.05) is 30.3 Å². The third-order valence-electron chi connectivity index (χ3n) is 4.50. The minimum absolute atomic E-state index is 0.0695. The molecule has 0 spiro atoms. The van der Waals surface area contributed by atoms with Gasteiger partial charge in [-0.25, -0.2) is 0 Å². The summed E-state index contributed by atoms with van der Waals surface area (Å²) < 4.78 is 0. The van der Waals surface area contributed by atoms with E-state index in [1.54, 1.807) is 6.07 Å². The van der Waals surface area contributed by atoms with E-state index in [1.807, 2.05) is 33.9 Å². The quantitative estimate of drug-likeness (QED) is 0.894. The van der Waals surface area contributed by atoms with Crippen LogP contribution in [0.1, 0.15) is 28.4 Å². The summed E-state index contributed by atoms with van der Waals surface area (Å²) in [7, 11) is 2.08. The van der Waals surface area contributed by atoms with E-state index in [4.69, 9.17) is 0 Å². The highest BCUT2D eigenvalue weighted by molar-refractivity contribution is 7.08. The van der Waals surface area contributed by atoms with Gasteiger partial charge in [0.15, 0.2) is 0 Å². The minimum Gasteiger partial charge on any atom is -0.351 e. The molecule has 1 atom stereocenters. The maximum absolute atomic E-state index is 12.7. The molecule has 3 rings (SSSR count). The molecule has 6 heteroatoms. The predicted molar refractivity (Wildman–Crippen MR) is 99.7 cm³/mol. The Morgan fingerprint density at radius 2 is 2.00 bits per heavy atom. The van der Waals surface area contributed by atoms with Crippen LogP contribution in [0.5, 0.6) is 0 Å². The Bertz CT molecular complexity index is 703. The molecule has 1 unspecified atom stereocenters. The largest absolute Gasteiger partial charge is 0.351 e. The molecule has 1 aliphatic rings. The molecule has 1 N–H and O–H groups in total. The summed E-state index contributed by atoms with van der Waals surface area (Å²) in [6, 6.07) is 12.0. The second-order valence-corrected chi connectivity index (χ2v) is 7.07. The molecule has 2 aromatic rings. The number of amides is 2. The van der Waals surface area contributed by atoms with Gasteiger partial charge in [0.25, 0.3) is 5.91 Å². The van der Waals surface area contributed by atoms with Crippen LogP contribution < -0.4 is 5.32 Å². The lowest BCUT2D eigenvalue weighted by Gasteiger charge is -2.40. The fourth-order valence-electron chi connectivity index (χ4n) is 3.10. The van der Waals surface area contributed by atoms with E-state index in [9.17, 15) is 9.59 Å². The van der Waals surface area contributed by atoms with E-state index in [2.05, 4.69) is 29.4 Å². The van der Waals surface area contributed by atoms with Crippen molar-refractivity contribution in [3.8, 4) is 0 Å². The molecule has 1 aromatic carbocycles. The van der Waals surface area contributed by atoms with Gasteiger partial charge in [-0.2, -0.15) is 11.3 Å². The van der Waals surface area contributed by atoms with Crippen molar-refractivity contribution < 1.29 is 9.59 Å². The number of thiophene rings is 1. The Kier molecular flexibility index (Phi) is 5.83. The molecule has 0 radical (unpaired) electrons. The molecule has 1 saturated heterocycles. The number of likely N-dealkylation sites (N-methyl/N-ethyl adjacent to an activating group) is 1. The van der Waals surface area contributed by atoms with Gasteiger partial charge < -0.3 is 15.1 Å². The van der Waals surface area contributed by atoms with Gasteiger partial charge in [-0.3, -0.25) is 9.59 Å². The Labute approximate surface area is 152 Å². The lowest BCUT2D eigenvalue weighted by atomic mass is 10.0. The fraction of sp³-hybridized carbons (Fsp3) is 0.368. The van der Waals surface area contributed by atoms with Crippen LogP contribution in [0.25, 0.3) is 0 Å². The molecular weight excluding hydrogens is 334 g/mol. The van der Waals surface area contributed by atoms with Crippen LogP contribution >= 0.6 is 11.3 Å². The average Bonchev–Trinajstić information content (AvgIpc) is 3.17. The number of rotatable bonds is 5. The third-order valence-corrected chi connectivity index (χ3v) is 5.18. The first-order valence-electron chi connectivity index (χ1n) is 8.48. The molecule has 0 bridgehead atoms. The molecule has 25 heavy (non-hydrogen) atoms. The second kappa shape index (κ2) is 8.27. The predicted octanol–water partition coefficient (Wildman–Crippen LogP) is 2.38. The zero-order valence-electron chi connectivity index (χ0n) is 14.4. The molecule has 132 valence electrons. The molecule has 1 fully saturated rings. The van der Waals surface area contributed by atoms with Crippen molar-refractivity contribution in [3.05, 3.63) is 58.3 Å². The van der Waals surface area contributed by atoms with Crippen molar-refractivity contribution in [3.63, 3.8) is 0 Å². The molecular formula is C19H23N3O2S. The fourth-order valence-corrected chi connectivity index (χ4v) is 3.74. The van der Waals surface area contributed by atoms with Gasteiger partial charge >= 0.3 is 0 Å². The van der Waals surface area contributed by atoms with Crippen LogP contribution in [0.15, 0.2) is 47.2 Å². The monoisotopic (exact) mass is 357 g/mol. The molecule has 0 saturated carbocycles. The number of piperazine rings is 1. The Morgan fingerprint density at radius 1 is 1.20 bits per heavy atom. The summed E-state index contributed by atoms with van der Waals surface area (Å²) in [5, 5.41) is 6.51. The van der Waals surface area contributed by atoms with Gasteiger partial charge in [0, 0.05) is 43.5 Å². The van der Waals surface area contributed by atoms with Crippen LogP contribution in [0, 0.1) is 0 Å². The molecule has 1 aliphatic heterocycles. The highest BCUT2D eigenvalue weighted by Gasteiger charge is 2.29. The van der Waals surface area contributed by atoms with E-state index >= 15 is 0 Å². The number of nitrogens with zero attached hydrogens (tertiary/aromatic N) is 2. The minimum atomic E-state index is -0.118. The van der Waals surface area contributed by atoms with Gasteiger partial charge in [-0.05, 0) is 24.1 Å². The van der Waals surface area contributed by atoms with Crippen LogP contribution in [0.4, 0.5) is 0 Å². The summed E-state index contributed by atoms with van der Waals surface area (Å²) in [4.78, 5) is 28.9. The van der Waals surface area contributed by atoms with Crippen LogP contribution in [0.2, 0.25) is 0 Å². The summed E-state index contributed by atoms with van der Waals surface area (Å²) >= 11 is 1.49. The van der Waals surface area contributed by atoms with Crippen molar-refractivity contribution in [2.24, 2.45) is 0 Å². The van der Waals surface area contributed by atoms with E-state index in [0.717, 1.165) is 18.7 Å². The first kappa shape index (κ1) is 17.6. The first-order chi connectivity index (χ1) is 12.1. The van der Waals surface area contributed by atoms with Gasteiger partial charge in [0.05, 0.1) is 6.04 Å². The molecule has 1 aromatic heterocycles. The van der Waals surface area contributed by atoms with E-state index in [1.165, 1.54) is 11.3 Å². The Hall–Kier alpha value is -2.18. The molecule has 5 nitrogen and oxygen atoms in total. The third kappa shape index (κ3) is 4.46. The number of benzene rings is 1. The number of hydrogen-bond donors (Lipinski definition) is 1. The Morgan fingerprint density at radius 3 is 2.72 bits per heavy atom. The molecule has 2 heterocycles. The van der Waals surface area contributed by atoms with E-state index in [-0.39, 0.29) is 17.9 Å². The summed E-state index contributed by atoms with van der Waals surface area (Å²) in [6.07, 6.45) is 0.322. The maximum Gasteiger partial charge on any atom is 0.252 e. The number of nitrogens with one attached hydrogen (secondary N) is 1. The summed E-state index contributed by atoms with van der Waals surface area (Å²) in [5.41, 5.74) is 1.81. The normalized spacial score (nSPS) is 18.1. The van der Waals surface area contributed by atoms with Gasteiger partial charge in [-0.15, -0.1) is 0 Å². The second-order valence-electron chi connectivity index (χ2n) is 6.29. The van der Waals surface area contributed by atoms with Gasteiger partial charge in [0.2, 0.25) is 5.91 Å². The maximum atomic E-state index is 12.7. The zero-order chi connectivity index (χ0) is 17.6. The van der Waals surface area contributed by atoms with Crippen molar-refractivity contribution in [1.82, 2.24) is 15.1 Å². The lowest BCUT2D eigenvalue weighted by Crippen LogP contribution is -2.49. The van der Waals surface area contributed by atoms with Crippen molar-refractivity contribution in [1.29, 1.82) is 0 Å². The number of hydrogen-bond acceptors (Lipinski definition) is 4. The zero-order valence-corrected chi connectivity index (χ0v) is 15.2. The van der Waals surface area contributed by atoms with Crippen molar-refractivity contribution in [2.75, 3.05) is 33.2 Å². The summed E-state index contributed by atoms with van der Waals surface area (Å²) in [6.45, 7) is 2.78. The topological polar surface area (TPSA) is 52.6 Å². The highest BCUT2D eigenvalue weighted by Crippen LogP contribution is 2.25. The number of carbonyl (C=O) groups is 2. The molecule has 2 amide bonds. The summed E-state index contributed by atoms with van der Waals surface area (Å²) in [5.74, 6) is -0.0281. The lowest BCUT2D eigenvalue weighted by molar-refractivity contribution is -0.136. The molecule has 0 aliphatic carbocycles. The SMILES string of the molecule is CN1CCN(C(=O)CCNC(=O)c2ccsc2)C(c2ccccc2)C1. The van der Waals surface area contributed by atoms with E-state index in [0.29, 0.717) is 25.1 Å². The highest BCUT2D eigenvalue weighted by atomic mass is 32.1. The van der Waals surface area contributed by atoms with E-state index < -0.39 is 0 Å². The Balaban J connectivity index is 1.58. The standard InChI is InChI=1S/C19H23N3O2S/c1-21-10-11-22(17(13-21)15-5-3-2-4-6-15)18(23)7-9-20-19(24)16-8-12-25-14-16/h2-6,8,12,14,17H,7,9-11,13H2,1H3,(H,20,24). The first-order valence-corrected chi connectivity index (χ1v) is 9.43. The number of carbonyl (C=O) groups excluding carboxylic acids is 2.